The van der Waals surface area contributed by atoms with Crippen molar-refractivity contribution in [2.45, 2.75) is 32.9 Å². The average Bonchev–Trinajstić information content (AvgIpc) is 2.62. The lowest BCUT2D eigenvalue weighted by Gasteiger charge is -2.32. The van der Waals surface area contributed by atoms with Gasteiger partial charge in [-0.05, 0) is 43.7 Å². The Balaban J connectivity index is 1.51. The molecule has 0 aliphatic carbocycles. The molecule has 1 atom stereocenters. The molecule has 1 unspecified atom stereocenters. The van der Waals surface area contributed by atoms with Gasteiger partial charge in [0, 0.05) is 50.9 Å². The summed E-state index contributed by atoms with van der Waals surface area (Å²) >= 11 is 0. The third-order valence-electron chi connectivity index (χ3n) is 5.14. The average molecular weight is 354 g/mol. The first-order chi connectivity index (χ1) is 12.5. The first-order valence-corrected chi connectivity index (χ1v) is 9.51. The summed E-state index contributed by atoms with van der Waals surface area (Å²) < 4.78 is 6.02. The van der Waals surface area contributed by atoms with E-state index in [4.69, 9.17) is 10.5 Å². The normalized spacial score (nSPS) is 17.2. The van der Waals surface area contributed by atoms with Gasteiger partial charge in [0.25, 0.3) is 0 Å². The van der Waals surface area contributed by atoms with Gasteiger partial charge in [0.1, 0.15) is 5.75 Å². The predicted octanol–water partition coefficient (Wildman–Crippen LogP) is 3.33. The van der Waals surface area contributed by atoms with Gasteiger partial charge in [0.15, 0.2) is 0 Å². The van der Waals surface area contributed by atoms with Crippen LogP contribution in [0.3, 0.4) is 0 Å². The van der Waals surface area contributed by atoms with Gasteiger partial charge in [-0.3, -0.25) is 4.90 Å². The molecule has 4 nitrogen and oxygen atoms in total. The molecule has 0 amide bonds. The molecular weight excluding hydrogens is 322 g/mol. The summed E-state index contributed by atoms with van der Waals surface area (Å²) in [5, 5.41) is 0. The van der Waals surface area contributed by atoms with E-state index in [1.807, 2.05) is 25.1 Å². The number of anilines is 1. The zero-order valence-electron chi connectivity index (χ0n) is 16.2. The quantitative estimate of drug-likeness (QED) is 0.809. The Kier molecular flexibility index (Phi) is 6.17. The van der Waals surface area contributed by atoms with Crippen LogP contribution in [0, 0.1) is 6.92 Å². The van der Waals surface area contributed by atoms with Crippen LogP contribution in [-0.4, -0.2) is 49.1 Å². The van der Waals surface area contributed by atoms with Crippen LogP contribution in [0.4, 0.5) is 5.69 Å². The van der Waals surface area contributed by atoms with Gasteiger partial charge in [0.2, 0.25) is 0 Å². The van der Waals surface area contributed by atoms with Crippen molar-refractivity contribution in [3.63, 3.8) is 0 Å². The SMILES string of the molecule is Cc1ccc(OC(C)Cc2ccc(CN3CCN(C)CC3)cc2)cc1N. The molecular formula is C22H31N3O. The molecule has 2 aromatic carbocycles. The highest BCUT2D eigenvalue weighted by molar-refractivity contribution is 5.50. The summed E-state index contributed by atoms with van der Waals surface area (Å²) in [6, 6.07) is 14.9. The van der Waals surface area contributed by atoms with Crippen LogP contribution in [0.1, 0.15) is 23.6 Å². The minimum atomic E-state index is 0.112. The number of hydrogen-bond donors (Lipinski definition) is 1. The highest BCUT2D eigenvalue weighted by atomic mass is 16.5. The fraction of sp³-hybridized carbons (Fsp3) is 0.455. The van der Waals surface area contributed by atoms with Gasteiger partial charge < -0.3 is 15.4 Å². The molecule has 0 saturated carbocycles. The second-order valence-corrected chi connectivity index (χ2v) is 7.55. The lowest BCUT2D eigenvalue weighted by molar-refractivity contribution is 0.148. The Morgan fingerprint density at radius 2 is 1.65 bits per heavy atom. The number of benzene rings is 2. The summed E-state index contributed by atoms with van der Waals surface area (Å²) in [5.74, 6) is 0.840. The molecule has 1 heterocycles. The van der Waals surface area contributed by atoms with E-state index in [-0.39, 0.29) is 6.10 Å². The van der Waals surface area contributed by atoms with Crippen LogP contribution in [0.2, 0.25) is 0 Å². The number of aryl methyl sites for hydroxylation is 1. The maximum atomic E-state index is 6.02. The molecule has 0 radical (unpaired) electrons. The number of ether oxygens (including phenoxy) is 1. The topological polar surface area (TPSA) is 41.7 Å². The lowest BCUT2D eigenvalue weighted by Crippen LogP contribution is -2.43. The summed E-state index contributed by atoms with van der Waals surface area (Å²) in [4.78, 5) is 4.92. The number of piperazine rings is 1. The van der Waals surface area contributed by atoms with Crippen LogP contribution in [0.5, 0.6) is 5.75 Å². The van der Waals surface area contributed by atoms with Crippen LogP contribution < -0.4 is 10.5 Å². The number of likely N-dealkylation sites (N-methyl/N-ethyl adjacent to an activating group) is 1. The number of nitrogens with zero attached hydrogens (tertiary/aromatic N) is 2. The number of rotatable bonds is 6. The zero-order chi connectivity index (χ0) is 18.5. The van der Waals surface area contributed by atoms with Crippen LogP contribution >= 0.6 is 0 Å². The van der Waals surface area contributed by atoms with Crippen LogP contribution in [-0.2, 0) is 13.0 Å². The molecule has 0 bridgehead atoms. The Labute approximate surface area is 157 Å². The highest BCUT2D eigenvalue weighted by Gasteiger charge is 2.14. The van der Waals surface area contributed by atoms with Crippen molar-refractivity contribution in [3.05, 3.63) is 59.2 Å². The van der Waals surface area contributed by atoms with Crippen molar-refractivity contribution in [2.24, 2.45) is 0 Å². The monoisotopic (exact) mass is 353 g/mol. The number of hydrogen-bond acceptors (Lipinski definition) is 4. The van der Waals surface area contributed by atoms with Gasteiger partial charge in [-0.1, -0.05) is 30.3 Å². The first-order valence-electron chi connectivity index (χ1n) is 9.51. The van der Waals surface area contributed by atoms with Crippen molar-refractivity contribution < 1.29 is 4.74 Å². The molecule has 1 aliphatic rings. The second kappa shape index (κ2) is 8.56. The minimum absolute atomic E-state index is 0.112. The van der Waals surface area contributed by atoms with Crippen molar-refractivity contribution in [1.29, 1.82) is 0 Å². The number of nitrogens with two attached hydrogens (primary N) is 1. The van der Waals surface area contributed by atoms with Gasteiger partial charge >= 0.3 is 0 Å². The summed E-state index contributed by atoms with van der Waals surface area (Å²) in [6.45, 7) is 9.79. The van der Waals surface area contributed by atoms with E-state index in [1.54, 1.807) is 0 Å². The van der Waals surface area contributed by atoms with Gasteiger partial charge in [0.05, 0.1) is 6.10 Å². The van der Waals surface area contributed by atoms with Crippen molar-refractivity contribution in [2.75, 3.05) is 39.0 Å². The van der Waals surface area contributed by atoms with E-state index in [0.29, 0.717) is 0 Å². The summed E-state index contributed by atoms with van der Waals surface area (Å²) in [5.41, 5.74) is 10.5. The molecule has 26 heavy (non-hydrogen) atoms. The first kappa shape index (κ1) is 18.7. The molecule has 4 heteroatoms. The molecule has 1 saturated heterocycles. The van der Waals surface area contributed by atoms with E-state index < -0.39 is 0 Å². The Morgan fingerprint density at radius 3 is 2.31 bits per heavy atom. The molecule has 2 N–H and O–H groups in total. The smallest absolute Gasteiger partial charge is 0.121 e. The van der Waals surface area contributed by atoms with Crippen molar-refractivity contribution in [1.82, 2.24) is 9.80 Å². The molecule has 1 fully saturated rings. The third kappa shape index (κ3) is 5.23. The molecule has 2 aromatic rings. The summed E-state index contributed by atoms with van der Waals surface area (Å²) in [7, 11) is 2.19. The number of nitrogen functional groups attached to an aromatic ring is 1. The van der Waals surface area contributed by atoms with Crippen LogP contribution in [0.25, 0.3) is 0 Å². The maximum absolute atomic E-state index is 6.02. The van der Waals surface area contributed by atoms with Gasteiger partial charge in [-0.2, -0.15) is 0 Å². The van der Waals surface area contributed by atoms with E-state index >= 15 is 0 Å². The predicted molar refractivity (Wildman–Crippen MR) is 109 cm³/mol. The molecule has 0 aromatic heterocycles. The molecule has 3 rings (SSSR count). The highest BCUT2D eigenvalue weighted by Crippen LogP contribution is 2.21. The van der Waals surface area contributed by atoms with Crippen LogP contribution in [0.15, 0.2) is 42.5 Å². The largest absolute Gasteiger partial charge is 0.490 e. The molecule has 1 aliphatic heterocycles. The Hall–Kier alpha value is -2.04. The second-order valence-electron chi connectivity index (χ2n) is 7.55. The van der Waals surface area contributed by atoms with E-state index in [9.17, 15) is 0 Å². The van der Waals surface area contributed by atoms with E-state index in [1.165, 1.54) is 11.1 Å². The lowest BCUT2D eigenvalue weighted by atomic mass is 10.1. The minimum Gasteiger partial charge on any atom is -0.490 e. The van der Waals surface area contributed by atoms with E-state index in [2.05, 4.69) is 48.0 Å². The van der Waals surface area contributed by atoms with E-state index in [0.717, 1.165) is 56.1 Å². The maximum Gasteiger partial charge on any atom is 0.121 e. The summed E-state index contributed by atoms with van der Waals surface area (Å²) in [6.07, 6.45) is 1.00. The third-order valence-corrected chi connectivity index (χ3v) is 5.14. The van der Waals surface area contributed by atoms with Gasteiger partial charge in [-0.15, -0.1) is 0 Å². The Morgan fingerprint density at radius 1 is 1.00 bits per heavy atom. The Bertz CT molecular complexity index is 706. The standard InChI is InChI=1S/C22H31N3O/c1-17-4-9-21(15-22(17)23)26-18(2)14-19-5-7-20(8-6-19)16-25-12-10-24(3)11-13-25/h4-9,15,18H,10-14,16,23H2,1-3H3. The molecule has 0 spiro atoms. The van der Waals surface area contributed by atoms with Crippen molar-refractivity contribution >= 4 is 5.69 Å². The van der Waals surface area contributed by atoms with Gasteiger partial charge in [-0.25, -0.2) is 0 Å². The molecule has 140 valence electrons. The van der Waals surface area contributed by atoms with Crippen molar-refractivity contribution in [3.8, 4) is 5.75 Å². The zero-order valence-corrected chi connectivity index (χ0v) is 16.2. The fourth-order valence-electron chi connectivity index (χ4n) is 3.34. The fourth-order valence-corrected chi connectivity index (χ4v) is 3.34.